The molecule has 1 saturated heterocycles. The summed E-state index contributed by atoms with van der Waals surface area (Å²) >= 11 is 0. The number of H-pyrrole nitrogens is 1. The molecule has 1 aromatic carbocycles. The van der Waals surface area contributed by atoms with Crippen LogP contribution in [0.4, 0.5) is 5.82 Å². The standard InChI is InChI=1S/C26H25N7/c1-2-7-20-17(6-1)22-18(8-9-29-25(22)30-20)24-31-21-15-28-14-19(16-4-3-5-16)23(21)26(32-24)33-12-10-27-11-13-33/h1-2,6-9,14-16,27H,3-5,10-13H2,(H,29,30). The van der Waals surface area contributed by atoms with Gasteiger partial charge in [0.1, 0.15) is 11.5 Å². The van der Waals surface area contributed by atoms with Crippen LogP contribution in [0.25, 0.3) is 44.2 Å². The molecule has 2 N–H and O–H groups in total. The first-order chi connectivity index (χ1) is 16.4. The third-order valence-corrected chi connectivity index (χ3v) is 7.22. The van der Waals surface area contributed by atoms with Crippen LogP contribution >= 0.6 is 0 Å². The summed E-state index contributed by atoms with van der Waals surface area (Å²) in [6, 6.07) is 10.4. The van der Waals surface area contributed by atoms with Crippen molar-refractivity contribution in [2.75, 3.05) is 31.1 Å². The molecule has 1 aliphatic carbocycles. The number of anilines is 1. The molecule has 0 unspecified atom stereocenters. The Balaban J connectivity index is 1.51. The van der Waals surface area contributed by atoms with Crippen LogP contribution in [-0.4, -0.2) is 51.1 Å². The lowest BCUT2D eigenvalue weighted by Crippen LogP contribution is -2.44. The zero-order valence-corrected chi connectivity index (χ0v) is 18.4. The van der Waals surface area contributed by atoms with Crippen LogP contribution in [0.5, 0.6) is 0 Å². The number of hydrogen-bond acceptors (Lipinski definition) is 6. The summed E-state index contributed by atoms with van der Waals surface area (Å²) in [5.74, 6) is 2.35. The molecule has 1 saturated carbocycles. The molecule has 7 rings (SSSR count). The van der Waals surface area contributed by atoms with Gasteiger partial charge < -0.3 is 15.2 Å². The largest absolute Gasteiger partial charge is 0.353 e. The van der Waals surface area contributed by atoms with E-state index in [-0.39, 0.29) is 0 Å². The zero-order chi connectivity index (χ0) is 21.8. The van der Waals surface area contributed by atoms with E-state index in [2.05, 4.69) is 43.4 Å². The van der Waals surface area contributed by atoms with Crippen LogP contribution < -0.4 is 10.2 Å². The Bertz CT molecular complexity index is 1500. The lowest BCUT2D eigenvalue weighted by Gasteiger charge is -2.32. The normalized spacial score (nSPS) is 17.2. The van der Waals surface area contributed by atoms with Gasteiger partial charge in [-0.15, -0.1) is 0 Å². The van der Waals surface area contributed by atoms with Gasteiger partial charge in [0.25, 0.3) is 0 Å². The molecule has 2 aliphatic rings. The maximum atomic E-state index is 5.25. The Morgan fingerprint density at radius 3 is 2.67 bits per heavy atom. The molecule has 7 nitrogen and oxygen atoms in total. The van der Waals surface area contributed by atoms with Crippen molar-refractivity contribution in [3.05, 3.63) is 54.5 Å². The molecule has 0 amide bonds. The quantitative estimate of drug-likeness (QED) is 0.437. The molecule has 164 valence electrons. The van der Waals surface area contributed by atoms with E-state index >= 15 is 0 Å². The van der Waals surface area contributed by atoms with Crippen molar-refractivity contribution in [1.82, 2.24) is 30.2 Å². The van der Waals surface area contributed by atoms with Crippen molar-refractivity contribution in [2.24, 2.45) is 0 Å². The van der Waals surface area contributed by atoms with Crippen LogP contribution in [0.1, 0.15) is 30.7 Å². The summed E-state index contributed by atoms with van der Waals surface area (Å²) < 4.78 is 0. The molecular formula is C26H25N7. The number of fused-ring (bicyclic) bond motifs is 4. The van der Waals surface area contributed by atoms with Crippen LogP contribution in [0.3, 0.4) is 0 Å². The fourth-order valence-corrected chi connectivity index (χ4v) is 5.30. The van der Waals surface area contributed by atoms with E-state index in [1.54, 1.807) is 0 Å². The predicted molar refractivity (Wildman–Crippen MR) is 132 cm³/mol. The van der Waals surface area contributed by atoms with Crippen molar-refractivity contribution in [1.29, 1.82) is 0 Å². The summed E-state index contributed by atoms with van der Waals surface area (Å²) in [6.45, 7) is 3.81. The van der Waals surface area contributed by atoms with E-state index in [1.807, 2.05) is 30.7 Å². The summed E-state index contributed by atoms with van der Waals surface area (Å²) in [5, 5.41) is 6.87. The Kier molecular flexibility index (Phi) is 4.30. The summed E-state index contributed by atoms with van der Waals surface area (Å²) in [4.78, 5) is 25.4. The monoisotopic (exact) mass is 435 g/mol. The average molecular weight is 436 g/mol. The molecular weight excluding hydrogens is 410 g/mol. The Hall–Kier alpha value is -3.58. The van der Waals surface area contributed by atoms with Gasteiger partial charge >= 0.3 is 0 Å². The maximum absolute atomic E-state index is 5.25. The van der Waals surface area contributed by atoms with E-state index < -0.39 is 0 Å². The second-order valence-electron chi connectivity index (χ2n) is 9.11. The molecule has 7 heteroatoms. The highest BCUT2D eigenvalue weighted by atomic mass is 15.2. The SMILES string of the molecule is c1ccc2c(c1)[nH]c1nccc(-c3nc(N4CCNCC4)c4c(C5CCC5)cncc4n3)c12. The molecule has 4 aromatic heterocycles. The lowest BCUT2D eigenvalue weighted by atomic mass is 9.79. The van der Waals surface area contributed by atoms with E-state index in [9.17, 15) is 0 Å². The van der Waals surface area contributed by atoms with Crippen LogP contribution in [0.2, 0.25) is 0 Å². The third kappa shape index (κ3) is 2.99. The molecule has 5 aromatic rings. The van der Waals surface area contributed by atoms with Gasteiger partial charge in [0.2, 0.25) is 0 Å². The minimum absolute atomic E-state index is 0.568. The molecule has 33 heavy (non-hydrogen) atoms. The number of nitrogens with zero attached hydrogens (tertiary/aromatic N) is 5. The number of nitrogens with one attached hydrogen (secondary N) is 2. The van der Waals surface area contributed by atoms with Crippen LogP contribution in [0.15, 0.2) is 48.9 Å². The highest BCUT2D eigenvalue weighted by molar-refractivity contribution is 6.12. The highest BCUT2D eigenvalue weighted by Gasteiger charge is 2.27. The van der Waals surface area contributed by atoms with Crippen LogP contribution in [-0.2, 0) is 0 Å². The van der Waals surface area contributed by atoms with E-state index in [0.29, 0.717) is 5.92 Å². The smallest absolute Gasteiger partial charge is 0.163 e. The Labute approximate surface area is 191 Å². The number of aromatic amines is 1. The number of rotatable bonds is 3. The van der Waals surface area contributed by atoms with Gasteiger partial charge in [-0.3, -0.25) is 4.98 Å². The maximum Gasteiger partial charge on any atom is 0.163 e. The minimum Gasteiger partial charge on any atom is -0.353 e. The molecule has 5 heterocycles. The van der Waals surface area contributed by atoms with Gasteiger partial charge in [0, 0.05) is 65.8 Å². The van der Waals surface area contributed by atoms with Gasteiger partial charge in [-0.25, -0.2) is 15.0 Å². The van der Waals surface area contributed by atoms with E-state index in [1.165, 1.54) is 30.2 Å². The van der Waals surface area contributed by atoms with Crippen LogP contribution in [0, 0.1) is 0 Å². The van der Waals surface area contributed by atoms with Crippen molar-refractivity contribution in [3.8, 4) is 11.4 Å². The second kappa shape index (κ2) is 7.49. The highest BCUT2D eigenvalue weighted by Crippen LogP contribution is 2.42. The fourth-order valence-electron chi connectivity index (χ4n) is 5.30. The van der Waals surface area contributed by atoms with Gasteiger partial charge in [-0.1, -0.05) is 24.6 Å². The first-order valence-electron chi connectivity index (χ1n) is 11.8. The van der Waals surface area contributed by atoms with Gasteiger partial charge in [-0.05, 0) is 36.5 Å². The topological polar surface area (TPSA) is 82.6 Å². The fraction of sp³-hybridized carbons (Fsp3) is 0.308. The van der Waals surface area contributed by atoms with Crippen molar-refractivity contribution in [3.63, 3.8) is 0 Å². The number of benzene rings is 1. The summed E-state index contributed by atoms with van der Waals surface area (Å²) in [7, 11) is 0. The van der Waals surface area contributed by atoms with Crippen molar-refractivity contribution in [2.45, 2.75) is 25.2 Å². The Morgan fingerprint density at radius 2 is 1.82 bits per heavy atom. The summed E-state index contributed by atoms with van der Waals surface area (Å²) in [5.41, 5.74) is 5.19. The molecule has 0 atom stereocenters. The molecule has 0 spiro atoms. The predicted octanol–water partition coefficient (Wildman–Crippen LogP) is 4.40. The van der Waals surface area contributed by atoms with E-state index in [4.69, 9.17) is 9.97 Å². The number of hydrogen-bond donors (Lipinski definition) is 2. The average Bonchev–Trinajstić information content (AvgIpc) is 3.22. The zero-order valence-electron chi connectivity index (χ0n) is 18.4. The molecule has 1 aliphatic heterocycles. The first-order valence-corrected chi connectivity index (χ1v) is 11.8. The second-order valence-corrected chi connectivity index (χ2v) is 9.11. The number of pyridine rings is 2. The minimum atomic E-state index is 0.568. The molecule has 2 fully saturated rings. The lowest BCUT2D eigenvalue weighted by molar-refractivity contribution is 0.421. The Morgan fingerprint density at radius 1 is 0.939 bits per heavy atom. The number of piperazine rings is 1. The number of para-hydroxylation sites is 1. The van der Waals surface area contributed by atoms with Gasteiger partial charge in [-0.2, -0.15) is 0 Å². The van der Waals surface area contributed by atoms with Gasteiger partial charge in [0.15, 0.2) is 5.82 Å². The van der Waals surface area contributed by atoms with Crippen molar-refractivity contribution < 1.29 is 0 Å². The van der Waals surface area contributed by atoms with Gasteiger partial charge in [0.05, 0.1) is 11.7 Å². The molecule has 0 bridgehead atoms. The summed E-state index contributed by atoms with van der Waals surface area (Å²) in [6.07, 6.45) is 9.54. The number of aromatic nitrogens is 5. The molecule has 0 radical (unpaired) electrons. The first kappa shape index (κ1) is 18.9. The third-order valence-electron chi connectivity index (χ3n) is 7.22. The van der Waals surface area contributed by atoms with E-state index in [0.717, 1.165) is 70.8 Å². The van der Waals surface area contributed by atoms with Crippen molar-refractivity contribution >= 4 is 38.7 Å².